The lowest BCUT2D eigenvalue weighted by Crippen LogP contribution is -2.25. The fourth-order valence-corrected chi connectivity index (χ4v) is 4.61. The van der Waals surface area contributed by atoms with Crippen molar-refractivity contribution in [3.05, 3.63) is 102 Å². The molecule has 3 N–H and O–H groups in total. The first-order valence-corrected chi connectivity index (χ1v) is 11.7. The summed E-state index contributed by atoms with van der Waals surface area (Å²) in [5, 5.41) is 3.38. The molecule has 2 aliphatic rings. The van der Waals surface area contributed by atoms with Crippen LogP contribution < -0.4 is 16.2 Å². The molecule has 174 valence electrons. The van der Waals surface area contributed by atoms with Crippen molar-refractivity contribution >= 4 is 17.4 Å². The second-order valence-corrected chi connectivity index (χ2v) is 8.85. The van der Waals surface area contributed by atoms with E-state index in [-0.39, 0.29) is 5.91 Å². The van der Waals surface area contributed by atoms with Crippen molar-refractivity contribution in [1.29, 1.82) is 0 Å². The quantitative estimate of drug-likeness (QED) is 0.416. The van der Waals surface area contributed by atoms with Crippen molar-refractivity contribution in [2.24, 2.45) is 0 Å². The van der Waals surface area contributed by atoms with Gasteiger partial charge in [0.1, 0.15) is 5.82 Å². The van der Waals surface area contributed by atoms with Crippen LogP contribution in [0.1, 0.15) is 33.0 Å². The van der Waals surface area contributed by atoms with E-state index in [4.69, 9.17) is 4.98 Å². The zero-order valence-electron chi connectivity index (χ0n) is 19.1. The van der Waals surface area contributed by atoms with Gasteiger partial charge in [-0.05, 0) is 53.1 Å². The molecule has 0 unspecified atom stereocenters. The van der Waals surface area contributed by atoms with Crippen LogP contribution in [-0.2, 0) is 13.1 Å². The first-order valence-electron chi connectivity index (χ1n) is 11.7. The van der Waals surface area contributed by atoms with Gasteiger partial charge in [-0.15, -0.1) is 0 Å². The zero-order chi connectivity index (χ0) is 23.6. The molecule has 4 heterocycles. The van der Waals surface area contributed by atoms with Gasteiger partial charge in [0.05, 0.1) is 0 Å². The highest BCUT2D eigenvalue weighted by molar-refractivity contribution is 5.94. The number of nitrogens with one attached hydrogen (secondary N) is 3. The van der Waals surface area contributed by atoms with Gasteiger partial charge in [0.15, 0.2) is 5.82 Å². The number of hydrazine groups is 1. The minimum Gasteiger partial charge on any atom is -0.340 e. The molecular formula is C27H25N7O. The summed E-state index contributed by atoms with van der Waals surface area (Å²) in [5.74, 6) is 1.89. The first kappa shape index (κ1) is 21.4. The number of anilines is 2. The fraction of sp³-hybridized carbons (Fsp3) is 0.185. The van der Waals surface area contributed by atoms with Gasteiger partial charge in [0.25, 0.3) is 5.91 Å². The topological polar surface area (TPSA) is 95.1 Å². The summed E-state index contributed by atoms with van der Waals surface area (Å²) in [7, 11) is 0. The van der Waals surface area contributed by atoms with Gasteiger partial charge in [-0.2, -0.15) is 0 Å². The molecule has 2 aromatic carbocycles. The van der Waals surface area contributed by atoms with E-state index in [2.05, 4.69) is 62.5 Å². The number of nitrogens with zero attached hydrogens (tertiary/aromatic N) is 4. The largest absolute Gasteiger partial charge is 0.340 e. The predicted molar refractivity (Wildman–Crippen MR) is 134 cm³/mol. The lowest BCUT2D eigenvalue weighted by molar-refractivity contribution is 0.0751. The van der Waals surface area contributed by atoms with Crippen molar-refractivity contribution in [3.63, 3.8) is 0 Å². The Bertz CT molecular complexity index is 1350. The number of amides is 1. The van der Waals surface area contributed by atoms with Crippen LogP contribution in [-0.4, -0.2) is 38.8 Å². The van der Waals surface area contributed by atoms with Crippen molar-refractivity contribution in [2.45, 2.75) is 19.0 Å². The van der Waals surface area contributed by atoms with Crippen LogP contribution in [0, 0.1) is 0 Å². The average molecular weight is 464 g/mol. The minimum absolute atomic E-state index is 0.0130. The number of pyridine rings is 1. The molecule has 8 nitrogen and oxygen atoms in total. The third kappa shape index (κ3) is 4.49. The molecule has 1 saturated heterocycles. The number of fused-ring (bicyclic) bond motifs is 1. The molecule has 2 aliphatic heterocycles. The summed E-state index contributed by atoms with van der Waals surface area (Å²) in [5.41, 5.74) is 12.5. The summed E-state index contributed by atoms with van der Waals surface area (Å²) in [6.45, 7) is 3.06. The molecule has 0 saturated carbocycles. The Morgan fingerprint density at radius 1 is 0.886 bits per heavy atom. The van der Waals surface area contributed by atoms with Gasteiger partial charge in [-0.25, -0.2) is 9.97 Å². The summed E-state index contributed by atoms with van der Waals surface area (Å²) in [6, 6.07) is 20.0. The lowest BCUT2D eigenvalue weighted by atomic mass is 10.0. The molecule has 4 aromatic rings. The number of hydrogen-bond acceptors (Lipinski definition) is 7. The average Bonchev–Trinajstić information content (AvgIpc) is 3.59. The van der Waals surface area contributed by atoms with E-state index in [1.807, 2.05) is 17.0 Å². The molecular weight excluding hydrogens is 438 g/mol. The van der Waals surface area contributed by atoms with E-state index in [0.717, 1.165) is 41.3 Å². The number of carbonyl (C=O) groups is 1. The van der Waals surface area contributed by atoms with Crippen molar-refractivity contribution < 1.29 is 4.79 Å². The van der Waals surface area contributed by atoms with Crippen molar-refractivity contribution in [3.8, 4) is 11.4 Å². The van der Waals surface area contributed by atoms with Gasteiger partial charge in [-0.3, -0.25) is 20.6 Å². The Labute approximate surface area is 203 Å². The maximum Gasteiger partial charge on any atom is 0.254 e. The van der Waals surface area contributed by atoms with E-state index in [0.29, 0.717) is 30.4 Å². The SMILES string of the molecule is O=C(c1ccncc1)N1Cc2ccc(-c3nccc(Nc4ccc(C5CNNC5)cc4)n3)cc2C1. The standard InChI is InChI=1S/C27H25N7O/c35-27(19-7-10-28-11-8-19)34-16-21-2-1-20(13-22(21)17-34)26-29-12-9-25(33-26)32-24-5-3-18(4-6-24)23-14-30-31-15-23/h1-13,23,30-31H,14-17H2,(H,29,32,33). The molecule has 0 spiro atoms. The Morgan fingerprint density at radius 2 is 1.66 bits per heavy atom. The van der Waals surface area contributed by atoms with Crippen LogP contribution in [0.25, 0.3) is 11.4 Å². The van der Waals surface area contributed by atoms with E-state index in [9.17, 15) is 4.79 Å². The highest BCUT2D eigenvalue weighted by Gasteiger charge is 2.25. The third-order valence-electron chi connectivity index (χ3n) is 6.53. The second kappa shape index (κ2) is 9.25. The molecule has 1 fully saturated rings. The molecule has 35 heavy (non-hydrogen) atoms. The fourth-order valence-electron chi connectivity index (χ4n) is 4.61. The summed E-state index contributed by atoms with van der Waals surface area (Å²) < 4.78 is 0. The van der Waals surface area contributed by atoms with E-state index >= 15 is 0 Å². The monoisotopic (exact) mass is 463 g/mol. The Morgan fingerprint density at radius 3 is 2.46 bits per heavy atom. The molecule has 0 radical (unpaired) electrons. The smallest absolute Gasteiger partial charge is 0.254 e. The molecule has 2 aromatic heterocycles. The maximum absolute atomic E-state index is 12.8. The van der Waals surface area contributed by atoms with Crippen LogP contribution in [0.3, 0.4) is 0 Å². The molecule has 1 amide bonds. The van der Waals surface area contributed by atoms with Crippen LogP contribution in [0.5, 0.6) is 0 Å². The Balaban J connectivity index is 1.17. The second-order valence-electron chi connectivity index (χ2n) is 8.85. The van der Waals surface area contributed by atoms with Gasteiger partial charge in [0.2, 0.25) is 0 Å². The van der Waals surface area contributed by atoms with Crippen LogP contribution in [0.2, 0.25) is 0 Å². The molecule has 6 rings (SSSR count). The van der Waals surface area contributed by atoms with Crippen LogP contribution in [0.15, 0.2) is 79.3 Å². The lowest BCUT2D eigenvalue weighted by Gasteiger charge is -2.15. The Kier molecular flexibility index (Phi) is 5.65. The third-order valence-corrected chi connectivity index (χ3v) is 6.53. The Hall–Kier alpha value is -4.14. The normalized spacial score (nSPS) is 15.3. The maximum atomic E-state index is 12.8. The first-order chi connectivity index (χ1) is 17.2. The molecule has 8 heteroatoms. The number of aromatic nitrogens is 3. The molecule has 0 aliphatic carbocycles. The number of benzene rings is 2. The highest BCUT2D eigenvalue weighted by atomic mass is 16.2. The summed E-state index contributed by atoms with van der Waals surface area (Å²) in [6.07, 6.45) is 5.05. The number of rotatable bonds is 5. The highest BCUT2D eigenvalue weighted by Crippen LogP contribution is 2.29. The van der Waals surface area contributed by atoms with Gasteiger partial charge in [0, 0.05) is 67.5 Å². The van der Waals surface area contributed by atoms with Gasteiger partial charge < -0.3 is 10.2 Å². The molecule has 0 bridgehead atoms. The minimum atomic E-state index is 0.0130. The van der Waals surface area contributed by atoms with E-state index in [1.165, 1.54) is 5.56 Å². The van der Waals surface area contributed by atoms with Crippen molar-refractivity contribution in [2.75, 3.05) is 18.4 Å². The van der Waals surface area contributed by atoms with Gasteiger partial charge >= 0.3 is 0 Å². The van der Waals surface area contributed by atoms with E-state index < -0.39 is 0 Å². The van der Waals surface area contributed by atoms with Gasteiger partial charge in [-0.1, -0.05) is 24.3 Å². The van der Waals surface area contributed by atoms with Crippen LogP contribution >= 0.6 is 0 Å². The summed E-state index contributed by atoms with van der Waals surface area (Å²) >= 11 is 0. The number of carbonyl (C=O) groups excluding carboxylic acids is 1. The van der Waals surface area contributed by atoms with E-state index in [1.54, 1.807) is 30.7 Å². The predicted octanol–water partition coefficient (Wildman–Crippen LogP) is 3.63. The van der Waals surface area contributed by atoms with Crippen LogP contribution in [0.4, 0.5) is 11.5 Å². The molecule has 0 atom stereocenters. The number of hydrogen-bond donors (Lipinski definition) is 3. The van der Waals surface area contributed by atoms with Crippen molar-refractivity contribution in [1.82, 2.24) is 30.7 Å². The zero-order valence-corrected chi connectivity index (χ0v) is 19.1. The summed E-state index contributed by atoms with van der Waals surface area (Å²) in [4.78, 5) is 27.9.